The van der Waals surface area contributed by atoms with Crippen LogP contribution in [0.4, 0.5) is 19.4 Å². The van der Waals surface area contributed by atoms with Crippen molar-refractivity contribution in [3.63, 3.8) is 0 Å². The maximum Gasteiger partial charge on any atom is 0.310 e. The molecule has 1 N–H and O–H groups in total. The normalized spacial score (nSPS) is 14.3. The molecule has 4 nitrogen and oxygen atoms in total. The number of rotatable bonds is 4. The molecule has 11 heteroatoms. The summed E-state index contributed by atoms with van der Waals surface area (Å²) in [4.78, 5) is 15.7. The van der Waals surface area contributed by atoms with Gasteiger partial charge in [0, 0.05) is 23.5 Å². The quantitative estimate of drug-likeness (QED) is 0.484. The van der Waals surface area contributed by atoms with Crippen molar-refractivity contribution in [2.75, 3.05) is 0 Å². The van der Waals surface area contributed by atoms with Gasteiger partial charge >= 0.3 is 10.2 Å². The van der Waals surface area contributed by atoms with Crippen LogP contribution < -0.4 is 10.3 Å². The first-order valence-corrected chi connectivity index (χ1v) is 9.52. The molecule has 2 heterocycles. The number of nitrogens with zero attached hydrogens (tertiary/aromatic N) is 1. The van der Waals surface area contributed by atoms with E-state index < -0.39 is 20.7 Å². The van der Waals surface area contributed by atoms with Gasteiger partial charge in [-0.15, -0.1) is 0 Å². The smallest absolute Gasteiger partial charge is 0.310 e. The molecule has 0 spiro atoms. The van der Waals surface area contributed by atoms with Crippen molar-refractivity contribution in [3.05, 3.63) is 70.2 Å². The van der Waals surface area contributed by atoms with Gasteiger partial charge in [0.05, 0.1) is 0 Å². The number of hydrogen-bond donors (Lipinski definition) is 1. The van der Waals surface area contributed by atoms with Crippen LogP contribution in [0.1, 0.15) is 0 Å². The highest BCUT2D eigenvalue weighted by molar-refractivity contribution is 8.45. The fourth-order valence-electron chi connectivity index (χ4n) is 2.18. The Balaban J connectivity index is 1.96. The highest BCUT2D eigenvalue weighted by atomic mass is 35.5. The molecule has 3 aromatic rings. The molecule has 0 amide bonds. The Hall–Kier alpha value is -2.59. The van der Waals surface area contributed by atoms with E-state index in [0.717, 1.165) is 12.1 Å². The van der Waals surface area contributed by atoms with E-state index in [4.69, 9.17) is 16.3 Å². The number of aromatic nitrogens is 2. The molecule has 2 aromatic heterocycles. The summed E-state index contributed by atoms with van der Waals surface area (Å²) in [6.45, 7) is 0. The molecule has 0 atom stereocenters. The second-order valence-electron chi connectivity index (χ2n) is 5.46. The van der Waals surface area contributed by atoms with Gasteiger partial charge in [-0.25, -0.2) is 4.98 Å². The third-order valence-electron chi connectivity index (χ3n) is 3.42. The van der Waals surface area contributed by atoms with Crippen molar-refractivity contribution >= 4 is 21.8 Å². The number of halogens is 6. The Labute approximate surface area is 154 Å². The van der Waals surface area contributed by atoms with Gasteiger partial charge in [0.15, 0.2) is 0 Å². The second-order valence-corrected chi connectivity index (χ2v) is 8.28. The summed E-state index contributed by atoms with van der Waals surface area (Å²) in [6, 6.07) is 6.54. The number of hydrogen-bond acceptors (Lipinski definition) is 3. The average Bonchev–Trinajstić information content (AvgIpc) is 2.56. The number of aromatic amines is 1. The van der Waals surface area contributed by atoms with E-state index >= 15 is 0 Å². The van der Waals surface area contributed by atoms with E-state index in [1.807, 2.05) is 0 Å². The third-order valence-corrected chi connectivity index (χ3v) is 4.87. The molecule has 0 aliphatic carbocycles. The first-order chi connectivity index (χ1) is 12.3. The van der Waals surface area contributed by atoms with Crippen LogP contribution in [0.2, 0.25) is 5.02 Å². The highest BCUT2D eigenvalue weighted by Crippen LogP contribution is 3.02. The molecule has 0 saturated carbocycles. The topological polar surface area (TPSA) is 55.0 Å². The Kier molecular flexibility index (Phi) is 4.05. The largest absolute Gasteiger partial charge is 0.438 e. The van der Waals surface area contributed by atoms with Crippen LogP contribution in [0.3, 0.4) is 0 Å². The summed E-state index contributed by atoms with van der Waals surface area (Å²) in [7, 11) is -9.75. The summed E-state index contributed by atoms with van der Waals surface area (Å²) < 4.78 is 69.3. The molecule has 144 valence electrons. The predicted octanol–water partition coefficient (Wildman–Crippen LogP) is 6.54. The highest BCUT2D eigenvalue weighted by Gasteiger charge is 2.65. The molecule has 0 saturated heterocycles. The molecule has 1 aromatic carbocycles. The lowest BCUT2D eigenvalue weighted by molar-refractivity contribution is 0.363. The minimum Gasteiger partial charge on any atom is -0.438 e. The van der Waals surface area contributed by atoms with Gasteiger partial charge in [-0.1, -0.05) is 31.0 Å². The maximum atomic E-state index is 12.8. The van der Waals surface area contributed by atoms with Crippen molar-refractivity contribution in [1.29, 1.82) is 0 Å². The number of H-pyrrole nitrogens is 1. The maximum absolute atomic E-state index is 12.8. The summed E-state index contributed by atoms with van der Waals surface area (Å²) >= 11 is 5.78. The molecular formula is C16H10ClF5N2O2S. The molecule has 0 fully saturated rings. The van der Waals surface area contributed by atoms with Crippen molar-refractivity contribution in [1.82, 2.24) is 9.97 Å². The molecule has 0 aliphatic rings. The first-order valence-electron chi connectivity index (χ1n) is 7.19. The standard InChI is InChI=1S/C16H10ClF5N2O2S/c17-14-8-10(9-24-15(14)25)13-2-1-7-23-16(13)26-11-3-5-12(6-4-11)27(18,19,20,21)22/h1-9H,(H,24,25). The Morgan fingerprint density at radius 2 is 1.70 bits per heavy atom. The number of ether oxygens (including phenoxy) is 1. The van der Waals surface area contributed by atoms with Crippen molar-refractivity contribution in [3.8, 4) is 22.8 Å². The lowest BCUT2D eigenvalue weighted by atomic mass is 10.1. The SMILES string of the molecule is O=c1[nH]cc(-c2cccnc2Oc2ccc(S(F)(F)(F)(F)F)cc2)cc1Cl. The molecule has 0 unspecified atom stereocenters. The van der Waals surface area contributed by atoms with Crippen molar-refractivity contribution < 1.29 is 24.2 Å². The van der Waals surface area contributed by atoms with E-state index in [9.17, 15) is 24.2 Å². The van der Waals surface area contributed by atoms with Crippen molar-refractivity contribution in [2.24, 2.45) is 0 Å². The van der Waals surface area contributed by atoms with Crippen LogP contribution in [-0.4, -0.2) is 9.97 Å². The number of benzene rings is 1. The van der Waals surface area contributed by atoms with Crippen LogP contribution >= 0.6 is 21.8 Å². The van der Waals surface area contributed by atoms with E-state index in [0.29, 0.717) is 11.1 Å². The first kappa shape index (κ1) is 19.2. The minimum absolute atomic E-state index is 0.0132. The molecule has 0 aliphatic heterocycles. The van der Waals surface area contributed by atoms with E-state index in [2.05, 4.69) is 9.97 Å². The van der Waals surface area contributed by atoms with Gasteiger partial charge in [-0.05, 0) is 42.5 Å². The lowest BCUT2D eigenvalue weighted by Gasteiger charge is -2.40. The zero-order chi connectivity index (χ0) is 19.9. The molecule has 27 heavy (non-hydrogen) atoms. The van der Waals surface area contributed by atoms with Crippen LogP contribution in [0.15, 0.2) is 64.5 Å². The molecule has 0 radical (unpaired) electrons. The number of nitrogens with one attached hydrogen (secondary N) is 1. The van der Waals surface area contributed by atoms with E-state index in [1.54, 1.807) is 12.1 Å². The van der Waals surface area contributed by atoms with Gasteiger partial charge in [0.1, 0.15) is 15.7 Å². The van der Waals surface area contributed by atoms with Gasteiger partial charge in [-0.3, -0.25) is 4.79 Å². The third kappa shape index (κ3) is 4.40. The summed E-state index contributed by atoms with van der Waals surface area (Å²) in [5, 5.41) is -0.0810. The van der Waals surface area contributed by atoms with Gasteiger partial charge in [0.25, 0.3) is 5.56 Å². The molecule has 0 bridgehead atoms. The molecule has 3 rings (SSSR count). The number of pyridine rings is 2. The summed E-state index contributed by atoms with van der Waals surface area (Å²) in [6.07, 6.45) is 2.73. The summed E-state index contributed by atoms with van der Waals surface area (Å²) in [5.74, 6) is -0.142. The Morgan fingerprint density at radius 3 is 2.30 bits per heavy atom. The fraction of sp³-hybridized carbons (Fsp3) is 0. The van der Waals surface area contributed by atoms with Gasteiger partial charge in [0.2, 0.25) is 5.88 Å². The van der Waals surface area contributed by atoms with Crippen molar-refractivity contribution in [2.45, 2.75) is 4.90 Å². The average molecular weight is 425 g/mol. The van der Waals surface area contributed by atoms with Crippen LogP contribution in [0.25, 0.3) is 11.1 Å². The van der Waals surface area contributed by atoms with Crippen LogP contribution in [-0.2, 0) is 0 Å². The molecular weight excluding hydrogens is 415 g/mol. The predicted molar refractivity (Wildman–Crippen MR) is 93.2 cm³/mol. The fourth-order valence-corrected chi connectivity index (χ4v) is 3.00. The second kappa shape index (κ2) is 5.70. The zero-order valence-corrected chi connectivity index (χ0v) is 14.7. The Bertz CT molecular complexity index is 1070. The van der Waals surface area contributed by atoms with Crippen LogP contribution in [0, 0.1) is 0 Å². The monoisotopic (exact) mass is 424 g/mol. The Morgan fingerprint density at radius 1 is 1.04 bits per heavy atom. The van der Waals surface area contributed by atoms with Crippen LogP contribution in [0.5, 0.6) is 11.6 Å². The minimum atomic E-state index is -9.75. The van der Waals surface area contributed by atoms with Gasteiger partial charge < -0.3 is 9.72 Å². The van der Waals surface area contributed by atoms with Gasteiger partial charge in [-0.2, -0.15) is 0 Å². The van der Waals surface area contributed by atoms with E-state index in [1.165, 1.54) is 18.5 Å². The lowest BCUT2D eigenvalue weighted by Crippen LogP contribution is -2.05. The summed E-state index contributed by atoms with van der Waals surface area (Å²) in [5.41, 5.74) is 0.317. The zero-order valence-electron chi connectivity index (χ0n) is 13.1. The van der Waals surface area contributed by atoms with E-state index in [-0.39, 0.29) is 28.8 Å².